The van der Waals surface area contributed by atoms with Gasteiger partial charge in [-0.2, -0.15) is 0 Å². The van der Waals surface area contributed by atoms with E-state index in [0.717, 1.165) is 0 Å². The molecule has 0 radical (unpaired) electrons. The third kappa shape index (κ3) is 10.3. The number of alkyl halides is 1. The van der Waals surface area contributed by atoms with Gasteiger partial charge in [0.25, 0.3) is 0 Å². The van der Waals surface area contributed by atoms with E-state index in [1.807, 2.05) is 0 Å². The Labute approximate surface area is 526 Å². The van der Waals surface area contributed by atoms with Crippen LogP contribution >= 0.6 is 325 Å². The van der Waals surface area contributed by atoms with Gasteiger partial charge in [-0.25, -0.2) is 0 Å². The molecule has 358 valence electrons. The second kappa shape index (κ2) is 23.5. The van der Waals surface area contributed by atoms with Gasteiger partial charge >= 0.3 is 0 Å². The molecule has 0 aliphatic heterocycles. The van der Waals surface area contributed by atoms with E-state index in [9.17, 15) is 0 Å². The average Bonchev–Trinajstić information content (AvgIpc) is 3.30. The van der Waals surface area contributed by atoms with Crippen molar-refractivity contribution >= 4 is 336 Å². The summed E-state index contributed by atoms with van der Waals surface area (Å²) < 4.78 is 0. The predicted octanol–water partition coefficient (Wildman–Crippen LogP) is 26.8. The topological polar surface area (TPSA) is 0 Å². The van der Waals surface area contributed by atoms with E-state index in [1.54, 1.807) is 0 Å². The van der Waals surface area contributed by atoms with E-state index in [0.29, 0.717) is 0 Å². The van der Waals surface area contributed by atoms with Gasteiger partial charge in [0.2, 0.25) is 0 Å². The second-order valence-electron chi connectivity index (χ2n) is 13.1. The monoisotopic (exact) mass is 1460 g/mol. The van der Waals surface area contributed by atoms with Crippen molar-refractivity contribution in [2.45, 2.75) is 5.38 Å². The molecular weight excluding hydrogens is 1470 g/mol. The van der Waals surface area contributed by atoms with Crippen LogP contribution < -0.4 is 0 Å². The maximum atomic E-state index is 7.09. The lowest BCUT2D eigenvalue weighted by molar-refractivity contribution is 1.03. The van der Waals surface area contributed by atoms with Crippen LogP contribution in [0.25, 0.3) is 11.1 Å². The van der Waals surface area contributed by atoms with E-state index >= 15 is 0 Å². The standard InChI is InChI=1S/C40H2Cl28/c41-13-3(14(42)18(46)7(17(13)45)5(9-21(49)29(57)37(65)30(58)22(9)50)10-23(51)31(59)38(66)32(60)24(10)52)1-2-4-15(43)19(47)8(20(48)16(4)44)6(11-25(53)33(61)39(67)34(62)26(11)54)12-27(55)35(63)40(68)36(64)28(12)56/h3,25H/b11-6-. The van der Waals surface area contributed by atoms with Crippen LogP contribution in [0, 0.1) is 17.8 Å². The molecule has 0 spiro atoms. The van der Waals surface area contributed by atoms with E-state index in [-0.39, 0.29) is 186 Å². The van der Waals surface area contributed by atoms with Gasteiger partial charge in [-0.1, -0.05) is 325 Å². The minimum atomic E-state index is -1.37. The maximum absolute atomic E-state index is 7.09. The van der Waals surface area contributed by atoms with Gasteiger partial charge in [0.1, 0.15) is 0 Å². The van der Waals surface area contributed by atoms with E-state index in [1.165, 1.54) is 0 Å². The van der Waals surface area contributed by atoms with Crippen LogP contribution in [-0.4, -0.2) is 5.38 Å². The number of hydrogen-bond acceptors (Lipinski definition) is 0. The first-order valence-corrected chi connectivity index (χ1v) is 27.4. The Hall–Kier alpha value is 3.00. The number of allylic oxidation sites excluding steroid dienone is 10. The minimum absolute atomic E-state index is 0.0965. The molecule has 0 N–H and O–H groups in total. The van der Waals surface area contributed by atoms with Crippen molar-refractivity contribution in [1.82, 2.24) is 0 Å². The molecule has 0 bridgehead atoms. The van der Waals surface area contributed by atoms with Crippen molar-refractivity contribution in [2.24, 2.45) is 5.92 Å². The summed E-state index contributed by atoms with van der Waals surface area (Å²) in [6.45, 7) is 0. The summed E-state index contributed by atoms with van der Waals surface area (Å²) in [7, 11) is 0. The molecule has 0 fully saturated rings. The average molecular weight is 1480 g/mol. The zero-order valence-corrected chi connectivity index (χ0v) is 51.9. The molecule has 4 aromatic rings. The summed E-state index contributed by atoms with van der Waals surface area (Å²) in [5.41, 5.74) is -1.53. The Balaban J connectivity index is 1.67. The third-order valence-corrected chi connectivity index (χ3v) is 22.2. The second-order valence-corrected chi connectivity index (χ2v) is 23.8. The molecule has 0 heterocycles. The number of halogens is 28. The molecular formula is C40H2Cl28. The first-order chi connectivity index (χ1) is 31.5. The lowest BCUT2D eigenvalue weighted by atomic mass is 9.88. The fourth-order valence-corrected chi connectivity index (χ4v) is 14.1. The van der Waals surface area contributed by atoms with Crippen LogP contribution in [0.15, 0.2) is 51.4 Å². The molecule has 0 nitrogen and oxygen atoms in total. The highest BCUT2D eigenvalue weighted by molar-refractivity contribution is 6.61. The molecule has 6 rings (SSSR count). The Morgan fingerprint density at radius 1 is 0.279 bits per heavy atom. The lowest BCUT2D eigenvalue weighted by Gasteiger charge is -2.28. The normalized spacial score (nSPS) is 17.5. The molecule has 2 aliphatic rings. The van der Waals surface area contributed by atoms with Crippen molar-refractivity contribution in [3.63, 3.8) is 0 Å². The van der Waals surface area contributed by atoms with Gasteiger partial charge in [-0.05, 0) is 0 Å². The Morgan fingerprint density at radius 3 is 0.882 bits per heavy atom. The zero-order chi connectivity index (χ0) is 51.4. The van der Waals surface area contributed by atoms with Crippen molar-refractivity contribution in [1.29, 1.82) is 0 Å². The molecule has 4 aromatic carbocycles. The van der Waals surface area contributed by atoms with Crippen LogP contribution in [-0.2, 0) is 0 Å². The van der Waals surface area contributed by atoms with Gasteiger partial charge in [0, 0.05) is 44.5 Å². The molecule has 0 saturated heterocycles. The molecule has 1 unspecified atom stereocenters. The van der Waals surface area contributed by atoms with Crippen molar-refractivity contribution < 1.29 is 0 Å². The van der Waals surface area contributed by atoms with Gasteiger partial charge in [-0.15, -0.1) is 11.6 Å². The van der Waals surface area contributed by atoms with Gasteiger partial charge in [-0.3, -0.25) is 0 Å². The predicted molar refractivity (Wildman–Crippen MR) is 308 cm³/mol. The minimum Gasteiger partial charge on any atom is -0.111 e. The lowest BCUT2D eigenvalue weighted by Crippen LogP contribution is -2.15. The number of benzene rings is 4. The van der Waals surface area contributed by atoms with E-state index in [4.69, 9.17) is 325 Å². The van der Waals surface area contributed by atoms with Crippen LogP contribution in [0.5, 0.6) is 0 Å². The van der Waals surface area contributed by atoms with Crippen LogP contribution in [0.3, 0.4) is 0 Å². The Bertz CT molecular complexity index is 3050. The summed E-state index contributed by atoms with van der Waals surface area (Å²) >= 11 is 189. The van der Waals surface area contributed by atoms with Gasteiger partial charge in [0.15, 0.2) is 0 Å². The SMILES string of the molecule is ClC1=C(Cl)/C(=C(\c2c(Cl)c(Cl)c(Cl)c(Cl)c2Cl)c2c(Cl)c(Cl)c(C#CC3C(Cl)=C(Cl)C(=C(c4c(Cl)c(Cl)c(Cl)c(Cl)c4Cl)c4c(Cl)c(Cl)c(Cl)c(Cl)c4Cl)C(Cl)=C3Cl)c(Cl)c2Cl)C(Cl)C(Cl)=C1Cl. The fraction of sp³-hybridized carbons (Fsp3) is 0.0500. The molecule has 68 heavy (non-hydrogen) atoms. The quantitative estimate of drug-likeness (QED) is 0.0827. The summed E-state index contributed by atoms with van der Waals surface area (Å²) in [5.74, 6) is 4.29. The van der Waals surface area contributed by atoms with Crippen LogP contribution in [0.2, 0.25) is 95.4 Å². The number of rotatable bonds is 4. The number of hydrogen-bond donors (Lipinski definition) is 0. The summed E-state index contributed by atoms with van der Waals surface area (Å²) in [4.78, 5) is 0. The van der Waals surface area contributed by atoms with E-state index in [2.05, 4.69) is 11.8 Å². The van der Waals surface area contributed by atoms with Gasteiger partial charge < -0.3 is 0 Å². The zero-order valence-electron chi connectivity index (χ0n) is 30.7. The Morgan fingerprint density at radius 2 is 0.559 bits per heavy atom. The van der Waals surface area contributed by atoms with Crippen molar-refractivity contribution in [2.75, 3.05) is 0 Å². The third-order valence-electron chi connectivity index (χ3n) is 9.43. The first kappa shape index (κ1) is 60.2. The first-order valence-electron chi connectivity index (χ1n) is 16.8. The van der Waals surface area contributed by atoms with E-state index < -0.39 is 11.3 Å². The molecule has 0 saturated carbocycles. The maximum Gasteiger partial charge on any atom is 0.0978 e. The molecule has 1 atom stereocenters. The molecule has 2 aliphatic carbocycles. The summed E-state index contributed by atoms with van der Waals surface area (Å²) in [6, 6.07) is 0. The molecule has 28 heteroatoms. The fourth-order valence-electron chi connectivity index (χ4n) is 6.30. The summed E-state index contributed by atoms with van der Waals surface area (Å²) in [6.07, 6.45) is 0. The Kier molecular flexibility index (Phi) is 20.8. The highest BCUT2D eigenvalue weighted by Crippen LogP contribution is 2.60. The largest absolute Gasteiger partial charge is 0.111 e. The molecule has 0 amide bonds. The highest BCUT2D eigenvalue weighted by atomic mass is 35.5. The molecule has 0 aromatic heterocycles. The van der Waals surface area contributed by atoms with Crippen LogP contribution in [0.1, 0.15) is 27.8 Å². The van der Waals surface area contributed by atoms with Crippen molar-refractivity contribution in [3.05, 3.63) is 175 Å². The van der Waals surface area contributed by atoms with Gasteiger partial charge in [0.05, 0.1) is 153 Å². The van der Waals surface area contributed by atoms with Crippen LogP contribution in [0.4, 0.5) is 0 Å². The van der Waals surface area contributed by atoms with Crippen molar-refractivity contribution in [3.8, 4) is 11.8 Å². The highest BCUT2D eigenvalue weighted by Gasteiger charge is 2.40. The smallest absolute Gasteiger partial charge is 0.0978 e. The summed E-state index contributed by atoms with van der Waals surface area (Å²) in [5, 5.41) is -8.58.